The molecule has 4 aromatic rings. The second kappa shape index (κ2) is 10.4. The van der Waals surface area contributed by atoms with E-state index in [1.165, 1.54) is 0 Å². The maximum Gasteiger partial charge on any atom is 0.408 e. The van der Waals surface area contributed by atoms with Gasteiger partial charge in [-0.25, -0.2) is 4.79 Å². The lowest BCUT2D eigenvalue weighted by Gasteiger charge is -2.24. The Balaban J connectivity index is 1.50. The number of rotatable bonds is 8. The standard InChI is InChI=1S/C28H29N3O4/c1-28(2,3)35-27(33)31-23(12-22-15-30-26-7-5-4-6-25(22)26)18-34-24-13-21(14-29-16-24)20-10-8-19(17-32)9-11-20/h4-11,13-17,23,30H,12,18H2,1-3H3,(H,31,33)/t23-/m0/s1. The van der Waals surface area contributed by atoms with E-state index in [1.54, 1.807) is 24.5 Å². The first-order chi connectivity index (χ1) is 16.8. The zero-order chi connectivity index (χ0) is 24.8. The lowest BCUT2D eigenvalue weighted by Crippen LogP contribution is -2.43. The number of para-hydroxylation sites is 1. The number of hydrogen-bond acceptors (Lipinski definition) is 5. The van der Waals surface area contributed by atoms with Gasteiger partial charge in [0.1, 0.15) is 24.2 Å². The Morgan fingerprint density at radius 1 is 1.09 bits per heavy atom. The molecule has 2 N–H and O–H groups in total. The molecule has 2 aromatic heterocycles. The number of fused-ring (bicyclic) bond motifs is 1. The topological polar surface area (TPSA) is 93.3 Å². The van der Waals surface area contributed by atoms with Crippen molar-refractivity contribution in [2.24, 2.45) is 0 Å². The number of aromatic amines is 1. The largest absolute Gasteiger partial charge is 0.490 e. The third-order valence-electron chi connectivity index (χ3n) is 5.41. The van der Waals surface area contributed by atoms with Crippen molar-refractivity contribution in [3.05, 3.63) is 84.3 Å². The molecule has 1 amide bonds. The lowest BCUT2D eigenvalue weighted by molar-refractivity contribution is 0.0487. The van der Waals surface area contributed by atoms with E-state index >= 15 is 0 Å². The number of nitrogens with one attached hydrogen (secondary N) is 2. The molecule has 0 bridgehead atoms. The minimum absolute atomic E-state index is 0.230. The molecular formula is C28H29N3O4. The van der Waals surface area contributed by atoms with Crippen LogP contribution in [0, 0.1) is 0 Å². The fourth-order valence-electron chi connectivity index (χ4n) is 3.80. The van der Waals surface area contributed by atoms with Gasteiger partial charge in [-0.3, -0.25) is 9.78 Å². The van der Waals surface area contributed by atoms with Gasteiger partial charge in [0.25, 0.3) is 0 Å². The predicted molar refractivity (Wildman–Crippen MR) is 136 cm³/mol. The van der Waals surface area contributed by atoms with Crippen molar-refractivity contribution in [2.75, 3.05) is 6.61 Å². The zero-order valence-electron chi connectivity index (χ0n) is 20.1. The summed E-state index contributed by atoms with van der Waals surface area (Å²) < 4.78 is 11.5. The van der Waals surface area contributed by atoms with Crippen molar-refractivity contribution in [3.63, 3.8) is 0 Å². The lowest BCUT2D eigenvalue weighted by atomic mass is 10.1. The molecule has 7 heteroatoms. The minimum atomic E-state index is -0.603. The molecule has 0 aliphatic heterocycles. The summed E-state index contributed by atoms with van der Waals surface area (Å²) in [5, 5.41) is 4.05. The number of pyridine rings is 1. The number of aldehydes is 1. The van der Waals surface area contributed by atoms with Gasteiger partial charge in [0, 0.05) is 34.4 Å². The van der Waals surface area contributed by atoms with Crippen LogP contribution in [0.3, 0.4) is 0 Å². The van der Waals surface area contributed by atoms with Gasteiger partial charge in [0.05, 0.1) is 12.2 Å². The second-order valence-corrected chi connectivity index (χ2v) is 9.37. The highest BCUT2D eigenvalue weighted by atomic mass is 16.6. The van der Waals surface area contributed by atoms with Gasteiger partial charge in [-0.15, -0.1) is 0 Å². The fourth-order valence-corrected chi connectivity index (χ4v) is 3.80. The van der Waals surface area contributed by atoms with E-state index in [9.17, 15) is 9.59 Å². The molecule has 0 fully saturated rings. The van der Waals surface area contributed by atoms with Crippen LogP contribution in [0.5, 0.6) is 5.75 Å². The summed E-state index contributed by atoms with van der Waals surface area (Å²) in [4.78, 5) is 31.0. The molecule has 2 heterocycles. The molecule has 1 atom stereocenters. The van der Waals surface area contributed by atoms with Crippen molar-refractivity contribution >= 4 is 23.3 Å². The van der Waals surface area contributed by atoms with Crippen LogP contribution in [-0.2, 0) is 11.2 Å². The van der Waals surface area contributed by atoms with Crippen molar-refractivity contribution in [3.8, 4) is 16.9 Å². The van der Waals surface area contributed by atoms with Gasteiger partial charge in [-0.2, -0.15) is 0 Å². The first kappa shape index (κ1) is 24.0. The molecule has 0 aliphatic rings. The summed E-state index contributed by atoms with van der Waals surface area (Å²) in [6, 6.07) is 16.9. The zero-order valence-corrected chi connectivity index (χ0v) is 20.1. The molecule has 0 unspecified atom stereocenters. The second-order valence-electron chi connectivity index (χ2n) is 9.37. The highest BCUT2D eigenvalue weighted by Gasteiger charge is 2.21. The average molecular weight is 472 g/mol. The van der Waals surface area contributed by atoms with Gasteiger partial charge in [-0.1, -0.05) is 42.5 Å². The smallest absolute Gasteiger partial charge is 0.408 e. The maximum absolute atomic E-state index is 12.5. The Morgan fingerprint density at radius 3 is 2.60 bits per heavy atom. The van der Waals surface area contributed by atoms with E-state index in [0.717, 1.165) is 33.9 Å². The minimum Gasteiger partial charge on any atom is -0.490 e. The molecule has 2 aromatic carbocycles. The van der Waals surface area contributed by atoms with Crippen LogP contribution < -0.4 is 10.1 Å². The van der Waals surface area contributed by atoms with Gasteiger partial charge in [0.2, 0.25) is 0 Å². The highest BCUT2D eigenvalue weighted by molar-refractivity contribution is 5.83. The molecule has 0 spiro atoms. The normalized spacial score (nSPS) is 12.2. The van der Waals surface area contributed by atoms with E-state index in [2.05, 4.69) is 21.4 Å². The Labute approximate surface area is 204 Å². The summed E-state index contributed by atoms with van der Waals surface area (Å²) in [6.07, 6.45) is 6.22. The molecule has 0 aliphatic carbocycles. The Kier molecular flexibility index (Phi) is 7.15. The summed E-state index contributed by atoms with van der Waals surface area (Å²) >= 11 is 0. The maximum atomic E-state index is 12.5. The first-order valence-electron chi connectivity index (χ1n) is 11.5. The number of hydrogen-bond donors (Lipinski definition) is 2. The van der Waals surface area contributed by atoms with Crippen LogP contribution >= 0.6 is 0 Å². The van der Waals surface area contributed by atoms with Gasteiger partial charge < -0.3 is 19.8 Å². The molecule has 7 nitrogen and oxygen atoms in total. The van der Waals surface area contributed by atoms with Crippen LogP contribution in [-0.4, -0.2) is 40.6 Å². The number of nitrogens with zero attached hydrogens (tertiary/aromatic N) is 1. The number of carbonyl (C=O) groups excluding carboxylic acids is 2. The number of benzene rings is 2. The monoisotopic (exact) mass is 471 g/mol. The van der Waals surface area contributed by atoms with Crippen LogP contribution in [0.2, 0.25) is 0 Å². The van der Waals surface area contributed by atoms with E-state index in [-0.39, 0.29) is 12.6 Å². The van der Waals surface area contributed by atoms with Crippen LogP contribution in [0.4, 0.5) is 4.79 Å². The Bertz CT molecular complexity index is 1310. The summed E-state index contributed by atoms with van der Waals surface area (Å²) in [7, 11) is 0. The Morgan fingerprint density at radius 2 is 1.86 bits per heavy atom. The average Bonchev–Trinajstić information content (AvgIpc) is 3.24. The quantitative estimate of drug-likeness (QED) is 0.328. The Hall–Kier alpha value is -4.13. The van der Waals surface area contributed by atoms with Crippen molar-refractivity contribution in [1.82, 2.24) is 15.3 Å². The number of alkyl carbamates (subject to hydrolysis) is 1. The number of H-pyrrole nitrogens is 1. The summed E-state index contributed by atoms with van der Waals surface area (Å²) in [5.41, 5.74) is 3.92. The molecular weight excluding hydrogens is 442 g/mol. The molecule has 0 radical (unpaired) electrons. The van der Waals surface area contributed by atoms with Gasteiger partial charge >= 0.3 is 6.09 Å². The SMILES string of the molecule is CC(C)(C)OC(=O)N[C@H](COc1cncc(-c2ccc(C=O)cc2)c1)Cc1c[nH]c2ccccc12. The number of amides is 1. The number of ether oxygens (including phenoxy) is 2. The van der Waals surface area contributed by atoms with E-state index < -0.39 is 11.7 Å². The molecule has 0 saturated carbocycles. The number of aromatic nitrogens is 2. The third-order valence-corrected chi connectivity index (χ3v) is 5.41. The summed E-state index contributed by atoms with van der Waals surface area (Å²) in [5.74, 6) is 0.580. The first-order valence-corrected chi connectivity index (χ1v) is 11.5. The van der Waals surface area contributed by atoms with E-state index in [1.807, 2.05) is 63.4 Å². The van der Waals surface area contributed by atoms with Crippen molar-refractivity contribution < 1.29 is 19.1 Å². The fraction of sp³-hybridized carbons (Fsp3) is 0.250. The van der Waals surface area contributed by atoms with E-state index in [4.69, 9.17) is 9.47 Å². The van der Waals surface area contributed by atoms with Crippen molar-refractivity contribution in [1.29, 1.82) is 0 Å². The third kappa shape index (κ3) is 6.47. The summed E-state index contributed by atoms with van der Waals surface area (Å²) in [6.45, 7) is 5.72. The molecule has 4 rings (SSSR count). The van der Waals surface area contributed by atoms with Gasteiger partial charge in [0.15, 0.2) is 0 Å². The molecule has 0 saturated heterocycles. The van der Waals surface area contributed by atoms with Crippen LogP contribution in [0.15, 0.2) is 73.2 Å². The molecule has 35 heavy (non-hydrogen) atoms. The van der Waals surface area contributed by atoms with Crippen LogP contribution in [0.25, 0.3) is 22.0 Å². The van der Waals surface area contributed by atoms with Gasteiger partial charge in [-0.05, 0) is 50.5 Å². The van der Waals surface area contributed by atoms with Crippen molar-refractivity contribution in [2.45, 2.75) is 38.8 Å². The van der Waals surface area contributed by atoms with E-state index in [0.29, 0.717) is 17.7 Å². The highest BCUT2D eigenvalue weighted by Crippen LogP contribution is 2.24. The molecule has 180 valence electrons. The van der Waals surface area contributed by atoms with Crippen LogP contribution in [0.1, 0.15) is 36.7 Å². The number of carbonyl (C=O) groups is 2. The predicted octanol–water partition coefficient (Wildman–Crippen LogP) is 5.56.